The smallest absolute Gasteiger partial charge is 0.320 e. The van der Waals surface area contributed by atoms with Crippen molar-refractivity contribution >= 4 is 6.03 Å². The van der Waals surface area contributed by atoms with Crippen LogP contribution in [0.2, 0.25) is 0 Å². The molecule has 1 unspecified atom stereocenters. The molecule has 0 aromatic carbocycles. The van der Waals surface area contributed by atoms with Crippen molar-refractivity contribution in [2.24, 2.45) is 0 Å². The van der Waals surface area contributed by atoms with Crippen LogP contribution in [0.3, 0.4) is 0 Å². The van der Waals surface area contributed by atoms with Crippen LogP contribution in [0.1, 0.15) is 13.8 Å². The minimum Gasteiger partial charge on any atom is -0.395 e. The Morgan fingerprint density at radius 3 is 2.75 bits per heavy atom. The molecule has 5 nitrogen and oxygen atoms in total. The number of hydrogen-bond donors (Lipinski definition) is 1. The molecule has 1 N–H and O–H groups in total. The van der Waals surface area contributed by atoms with Crippen LogP contribution in [0.15, 0.2) is 0 Å². The van der Waals surface area contributed by atoms with Crippen molar-refractivity contribution in [3.05, 3.63) is 0 Å². The summed E-state index contributed by atoms with van der Waals surface area (Å²) in [5.41, 5.74) is 0. The van der Waals surface area contributed by atoms with Crippen molar-refractivity contribution in [1.82, 2.24) is 14.7 Å². The SMILES string of the molecule is CC(C)N1CCN2C(=O)N(CCO)CC2C1. The number of carbonyl (C=O) groups excluding carboxylic acids is 1. The summed E-state index contributed by atoms with van der Waals surface area (Å²) in [6.07, 6.45) is 0. The summed E-state index contributed by atoms with van der Waals surface area (Å²) >= 11 is 0. The number of piperazine rings is 1. The summed E-state index contributed by atoms with van der Waals surface area (Å²) in [4.78, 5) is 18.1. The first-order valence-electron chi connectivity index (χ1n) is 6.04. The Morgan fingerprint density at radius 2 is 2.12 bits per heavy atom. The lowest BCUT2D eigenvalue weighted by atomic mass is 10.1. The van der Waals surface area contributed by atoms with Gasteiger partial charge in [0, 0.05) is 38.8 Å². The second-order valence-corrected chi connectivity index (χ2v) is 4.89. The number of hydrogen-bond acceptors (Lipinski definition) is 3. The highest BCUT2D eigenvalue weighted by Gasteiger charge is 2.40. The van der Waals surface area contributed by atoms with Crippen molar-refractivity contribution in [1.29, 1.82) is 0 Å². The monoisotopic (exact) mass is 227 g/mol. The summed E-state index contributed by atoms with van der Waals surface area (Å²) in [6.45, 7) is 8.42. The van der Waals surface area contributed by atoms with Crippen molar-refractivity contribution in [3.63, 3.8) is 0 Å². The van der Waals surface area contributed by atoms with Gasteiger partial charge in [-0.3, -0.25) is 4.90 Å². The van der Waals surface area contributed by atoms with Gasteiger partial charge in [-0.15, -0.1) is 0 Å². The van der Waals surface area contributed by atoms with Gasteiger partial charge in [-0.1, -0.05) is 0 Å². The standard InChI is InChI=1S/C11H21N3O2/c1-9(2)12-3-4-14-10(7-12)8-13(5-6-15)11(14)16/h9-10,15H,3-8H2,1-2H3. The first-order chi connectivity index (χ1) is 7.63. The second kappa shape index (κ2) is 4.59. The number of rotatable bonds is 3. The number of carbonyl (C=O) groups is 1. The summed E-state index contributed by atoms with van der Waals surface area (Å²) in [7, 11) is 0. The molecule has 2 saturated heterocycles. The van der Waals surface area contributed by atoms with Gasteiger partial charge in [-0.25, -0.2) is 4.79 Å². The van der Waals surface area contributed by atoms with E-state index in [-0.39, 0.29) is 12.6 Å². The highest BCUT2D eigenvalue weighted by atomic mass is 16.3. The molecule has 16 heavy (non-hydrogen) atoms. The van der Waals surface area contributed by atoms with Gasteiger partial charge in [0.25, 0.3) is 0 Å². The molecular formula is C11H21N3O2. The van der Waals surface area contributed by atoms with Crippen LogP contribution in [0.25, 0.3) is 0 Å². The van der Waals surface area contributed by atoms with E-state index in [1.165, 1.54) is 0 Å². The molecule has 0 saturated carbocycles. The van der Waals surface area contributed by atoms with Crippen molar-refractivity contribution < 1.29 is 9.90 Å². The lowest BCUT2D eigenvalue weighted by molar-refractivity contribution is 0.0995. The van der Waals surface area contributed by atoms with E-state index in [1.54, 1.807) is 4.90 Å². The van der Waals surface area contributed by atoms with E-state index in [4.69, 9.17) is 5.11 Å². The molecule has 2 aliphatic heterocycles. The zero-order valence-corrected chi connectivity index (χ0v) is 10.1. The molecule has 0 radical (unpaired) electrons. The van der Waals surface area contributed by atoms with Crippen LogP contribution in [0, 0.1) is 0 Å². The molecular weight excluding hydrogens is 206 g/mol. The fourth-order valence-electron chi connectivity index (χ4n) is 2.58. The topological polar surface area (TPSA) is 47.0 Å². The summed E-state index contributed by atoms with van der Waals surface area (Å²) < 4.78 is 0. The van der Waals surface area contributed by atoms with Crippen molar-refractivity contribution in [2.75, 3.05) is 39.3 Å². The van der Waals surface area contributed by atoms with Crippen LogP contribution in [0.5, 0.6) is 0 Å². The molecule has 0 spiro atoms. The van der Waals surface area contributed by atoms with Crippen LogP contribution < -0.4 is 0 Å². The van der Waals surface area contributed by atoms with Crippen LogP contribution in [-0.4, -0.2) is 77.3 Å². The fourth-order valence-corrected chi connectivity index (χ4v) is 2.58. The minimum atomic E-state index is 0.0557. The molecule has 2 aliphatic rings. The highest BCUT2D eigenvalue weighted by molar-refractivity contribution is 5.77. The van der Waals surface area contributed by atoms with E-state index >= 15 is 0 Å². The number of nitrogens with zero attached hydrogens (tertiary/aromatic N) is 3. The Balaban J connectivity index is 1.98. The molecule has 0 aromatic rings. The third kappa shape index (κ3) is 2.01. The van der Waals surface area contributed by atoms with E-state index < -0.39 is 0 Å². The fraction of sp³-hybridized carbons (Fsp3) is 0.909. The third-order valence-electron chi connectivity index (χ3n) is 3.56. The van der Waals surface area contributed by atoms with Crippen LogP contribution in [0.4, 0.5) is 4.79 Å². The number of aliphatic hydroxyl groups is 1. The molecule has 2 rings (SSSR count). The van der Waals surface area contributed by atoms with Crippen molar-refractivity contribution in [3.8, 4) is 0 Å². The molecule has 0 aliphatic carbocycles. The maximum Gasteiger partial charge on any atom is 0.320 e. The van der Waals surface area contributed by atoms with Crippen LogP contribution >= 0.6 is 0 Å². The molecule has 2 heterocycles. The largest absolute Gasteiger partial charge is 0.395 e. The van der Waals surface area contributed by atoms with Crippen molar-refractivity contribution in [2.45, 2.75) is 25.9 Å². The number of fused-ring (bicyclic) bond motifs is 1. The Labute approximate surface area is 96.6 Å². The molecule has 5 heteroatoms. The lowest BCUT2D eigenvalue weighted by Gasteiger charge is -2.38. The minimum absolute atomic E-state index is 0.0557. The van der Waals surface area contributed by atoms with E-state index in [2.05, 4.69) is 18.7 Å². The van der Waals surface area contributed by atoms with Gasteiger partial charge in [-0.2, -0.15) is 0 Å². The predicted molar refractivity (Wildman–Crippen MR) is 61.3 cm³/mol. The lowest BCUT2D eigenvalue weighted by Crippen LogP contribution is -2.53. The average molecular weight is 227 g/mol. The van der Waals surface area contributed by atoms with Gasteiger partial charge < -0.3 is 14.9 Å². The van der Waals surface area contributed by atoms with Gasteiger partial charge in [0.15, 0.2) is 0 Å². The molecule has 0 aromatic heterocycles. The predicted octanol–water partition coefficient (Wildman–Crippen LogP) is -0.191. The Morgan fingerprint density at radius 1 is 1.38 bits per heavy atom. The van der Waals surface area contributed by atoms with Gasteiger partial charge >= 0.3 is 6.03 Å². The third-order valence-corrected chi connectivity index (χ3v) is 3.56. The quantitative estimate of drug-likeness (QED) is 0.727. The van der Waals surface area contributed by atoms with Gasteiger partial charge in [-0.05, 0) is 13.8 Å². The first-order valence-corrected chi connectivity index (χ1v) is 6.04. The number of urea groups is 1. The molecule has 1 atom stereocenters. The zero-order chi connectivity index (χ0) is 11.7. The summed E-state index contributed by atoms with van der Waals surface area (Å²) in [6, 6.07) is 0.960. The Kier molecular flexibility index (Phi) is 3.35. The van der Waals surface area contributed by atoms with E-state index in [1.807, 2.05) is 4.90 Å². The molecule has 0 bridgehead atoms. The maximum absolute atomic E-state index is 11.9. The maximum atomic E-state index is 11.9. The zero-order valence-electron chi connectivity index (χ0n) is 10.1. The Hall–Kier alpha value is -0.810. The normalized spacial score (nSPS) is 26.8. The van der Waals surface area contributed by atoms with Gasteiger partial charge in [0.05, 0.1) is 12.6 Å². The van der Waals surface area contributed by atoms with E-state index in [9.17, 15) is 4.79 Å². The van der Waals surface area contributed by atoms with Gasteiger partial charge in [0.1, 0.15) is 0 Å². The molecule has 2 fully saturated rings. The summed E-state index contributed by atoms with van der Waals surface area (Å²) in [5, 5.41) is 8.90. The van der Waals surface area contributed by atoms with Gasteiger partial charge in [0.2, 0.25) is 0 Å². The summed E-state index contributed by atoms with van der Waals surface area (Å²) in [5.74, 6) is 0. The number of β-amino-alcohol motifs (C(OH)–C–C–N with tert-alkyl or cyclic N) is 1. The van der Waals surface area contributed by atoms with E-state index in [0.29, 0.717) is 18.6 Å². The highest BCUT2D eigenvalue weighted by Crippen LogP contribution is 2.21. The molecule has 92 valence electrons. The molecule has 2 amide bonds. The number of aliphatic hydroxyl groups excluding tert-OH is 1. The first kappa shape index (κ1) is 11.7. The van der Waals surface area contributed by atoms with E-state index in [0.717, 1.165) is 26.2 Å². The number of amides is 2. The second-order valence-electron chi connectivity index (χ2n) is 4.89. The van der Waals surface area contributed by atoms with Crippen LogP contribution in [-0.2, 0) is 0 Å². The average Bonchev–Trinajstić information content (AvgIpc) is 2.56. The Bertz CT molecular complexity index is 270.